The third kappa shape index (κ3) is 44.7. The first kappa shape index (κ1) is 58.1. The number of hydrogen-bond donors (Lipinski definition) is 2. The number of pyridine rings is 1. The summed E-state index contributed by atoms with van der Waals surface area (Å²) in [4.78, 5) is 30.2. The van der Waals surface area contributed by atoms with Gasteiger partial charge >= 0.3 is 0 Å². The molecule has 8 nitrogen and oxygen atoms in total. The van der Waals surface area contributed by atoms with E-state index in [4.69, 9.17) is 10.5 Å². The molecule has 8 heteroatoms. The number of allylic oxidation sites excluding steroid dienone is 8. The van der Waals surface area contributed by atoms with Crippen LogP contribution in [0.2, 0.25) is 0 Å². The van der Waals surface area contributed by atoms with E-state index in [9.17, 15) is 9.59 Å². The molecule has 0 spiro atoms. The van der Waals surface area contributed by atoms with Crippen molar-refractivity contribution in [3.05, 3.63) is 105 Å². The zero-order chi connectivity index (χ0) is 42.9. The van der Waals surface area contributed by atoms with Crippen LogP contribution >= 0.6 is 0 Å². The first-order chi connectivity index (χ1) is 26.1. The summed E-state index contributed by atoms with van der Waals surface area (Å²) in [6.07, 6.45) is 25.7. The number of primary amides is 1. The monoisotopic (exact) mass is 768 g/mol. The first-order valence-electron chi connectivity index (χ1n) is 20.2. The van der Waals surface area contributed by atoms with E-state index in [1.807, 2.05) is 53.1 Å². The second-order valence-corrected chi connectivity index (χ2v) is 14.9. The third-order valence-electron chi connectivity index (χ3n) is 7.78. The molecule has 2 aliphatic rings. The predicted octanol–water partition coefficient (Wildman–Crippen LogP) is 10.5. The summed E-state index contributed by atoms with van der Waals surface area (Å²) in [5, 5.41) is 2.60. The summed E-state index contributed by atoms with van der Waals surface area (Å²) >= 11 is 0. The van der Waals surface area contributed by atoms with Gasteiger partial charge in [0.2, 0.25) is 12.3 Å². The Hall–Kier alpha value is -3.59. The maximum Gasteiger partial charge on any atom is 0.220 e. The molecule has 316 valence electrons. The van der Waals surface area contributed by atoms with E-state index in [1.165, 1.54) is 31.2 Å². The van der Waals surface area contributed by atoms with Crippen LogP contribution in [-0.4, -0.2) is 78.6 Å². The summed E-state index contributed by atoms with van der Waals surface area (Å²) < 4.78 is 5.59. The molecule has 2 amide bonds. The van der Waals surface area contributed by atoms with Gasteiger partial charge in [-0.3, -0.25) is 24.4 Å². The van der Waals surface area contributed by atoms with E-state index in [2.05, 4.69) is 105 Å². The molecular weight excluding hydrogens is 683 g/mol. The average Bonchev–Trinajstić information content (AvgIpc) is 3.69. The minimum Gasteiger partial charge on any atom is -0.380 e. The van der Waals surface area contributed by atoms with Gasteiger partial charge in [-0.05, 0) is 97.1 Å². The zero-order valence-corrected chi connectivity index (χ0v) is 37.3. The second kappa shape index (κ2) is 41.6. The summed E-state index contributed by atoms with van der Waals surface area (Å²) in [5.74, 6) is 0.516. The highest BCUT2D eigenvalue weighted by Crippen LogP contribution is 2.22. The number of nitrogens with two attached hydrogens (primary N) is 1. The van der Waals surface area contributed by atoms with Gasteiger partial charge in [0, 0.05) is 70.2 Å². The molecule has 55 heavy (non-hydrogen) atoms. The van der Waals surface area contributed by atoms with Crippen LogP contribution in [-0.2, 0) is 20.9 Å². The van der Waals surface area contributed by atoms with Crippen LogP contribution in [0.15, 0.2) is 98.9 Å². The molecule has 1 saturated heterocycles. The molecule has 1 unspecified atom stereocenters. The molecule has 1 saturated carbocycles. The van der Waals surface area contributed by atoms with Gasteiger partial charge in [-0.2, -0.15) is 0 Å². The number of nitrogens with one attached hydrogen (secondary N) is 1. The molecule has 3 N–H and O–H groups in total. The van der Waals surface area contributed by atoms with Crippen LogP contribution in [0.1, 0.15) is 120 Å². The van der Waals surface area contributed by atoms with Crippen LogP contribution in [0.3, 0.4) is 0 Å². The Kier molecular flexibility index (Phi) is 43.9. The molecule has 0 bridgehead atoms. The molecule has 1 aromatic rings. The van der Waals surface area contributed by atoms with Gasteiger partial charge < -0.3 is 15.8 Å². The minimum absolute atomic E-state index is 0.0623. The highest BCUT2D eigenvalue weighted by Gasteiger charge is 2.24. The van der Waals surface area contributed by atoms with Gasteiger partial charge in [0.05, 0.1) is 6.10 Å². The molecule has 2 fully saturated rings. The number of piperazine rings is 1. The van der Waals surface area contributed by atoms with E-state index in [0.29, 0.717) is 12.8 Å². The summed E-state index contributed by atoms with van der Waals surface area (Å²) in [6, 6.07) is 4.10. The van der Waals surface area contributed by atoms with E-state index in [1.54, 1.807) is 37.0 Å². The Labute approximate surface area is 340 Å². The van der Waals surface area contributed by atoms with Gasteiger partial charge in [0.1, 0.15) is 0 Å². The van der Waals surface area contributed by atoms with E-state index >= 15 is 0 Å². The molecule has 2 atom stereocenters. The minimum atomic E-state index is -0.221. The second-order valence-electron chi connectivity index (χ2n) is 14.9. The molecule has 1 aromatic heterocycles. The van der Waals surface area contributed by atoms with Crippen molar-refractivity contribution >= 4 is 12.3 Å². The lowest BCUT2D eigenvalue weighted by Crippen LogP contribution is -2.48. The maximum atomic E-state index is 11.4. The van der Waals surface area contributed by atoms with E-state index < -0.39 is 0 Å². The molecule has 2 heterocycles. The van der Waals surface area contributed by atoms with Crippen molar-refractivity contribution in [2.45, 2.75) is 132 Å². The number of nitrogens with zero attached hydrogens (tertiary/aromatic N) is 3. The lowest BCUT2D eigenvalue weighted by Gasteiger charge is -2.36. The quantitative estimate of drug-likeness (QED) is 0.118. The molecular formula is C47H85N5O3. The molecule has 3 rings (SSSR count). The predicted molar refractivity (Wildman–Crippen MR) is 242 cm³/mol. The summed E-state index contributed by atoms with van der Waals surface area (Å²) in [5.41, 5.74) is 8.31. The Morgan fingerprint density at radius 2 is 1.47 bits per heavy atom. The fourth-order valence-corrected chi connectivity index (χ4v) is 4.74. The van der Waals surface area contributed by atoms with Gasteiger partial charge in [-0.15, -0.1) is 0 Å². The van der Waals surface area contributed by atoms with E-state index in [-0.39, 0.29) is 23.5 Å². The highest BCUT2D eigenvalue weighted by atomic mass is 16.5. The number of amides is 2. The topological polar surface area (TPSA) is 101 Å². The van der Waals surface area contributed by atoms with Gasteiger partial charge in [0.15, 0.2) is 0 Å². The smallest absolute Gasteiger partial charge is 0.220 e. The standard InChI is InChI=1S/C18H30N4O2.C7H12.C5H11NO.C5H10.C4H10.2C4H6/c1-3-16(18(19)23)11-17(24-2)14-22-9-7-21(8-10-22)13-15-5-4-6-20-12-15;1-2-7-5-3-4-6-7;1-5(2,3)6-4-7;1-3-5-4-2;1-4(2)3;2*1-3-4-2/h4-6,12,16-17H,3,7-11,13-14H2,1-2H3,(H2,19,23);2H,3-6H2,1H3;4H,1-3H3,(H,6,7);3,5H,4H2,1-2H3;4H,1-3H3;2*3-4H,1-2H2/b;;;5-3-;;;/t16-,17?;;;;;;/m1....../s1. The van der Waals surface area contributed by atoms with E-state index in [0.717, 1.165) is 58.0 Å². The molecule has 1 aliphatic carbocycles. The summed E-state index contributed by atoms with van der Waals surface area (Å²) in [7, 11) is 1.72. The highest BCUT2D eigenvalue weighted by molar-refractivity contribution is 5.76. The Morgan fingerprint density at radius 3 is 1.75 bits per heavy atom. The van der Waals surface area contributed by atoms with Crippen molar-refractivity contribution in [3.63, 3.8) is 0 Å². The molecule has 1 aliphatic heterocycles. The number of aromatic nitrogens is 1. The number of methoxy groups -OCH3 is 1. The molecule has 0 radical (unpaired) electrons. The lowest BCUT2D eigenvalue weighted by molar-refractivity contribution is -0.123. The third-order valence-corrected chi connectivity index (χ3v) is 7.78. The van der Waals surface area contributed by atoms with Crippen molar-refractivity contribution < 1.29 is 14.3 Å². The molecule has 0 aromatic carbocycles. The van der Waals surface area contributed by atoms with Crippen LogP contribution in [0.4, 0.5) is 0 Å². The zero-order valence-electron chi connectivity index (χ0n) is 37.3. The summed E-state index contributed by atoms with van der Waals surface area (Å²) in [6.45, 7) is 40.0. The largest absolute Gasteiger partial charge is 0.380 e. The average molecular weight is 768 g/mol. The first-order valence-corrected chi connectivity index (χ1v) is 20.2. The van der Waals surface area contributed by atoms with Crippen molar-refractivity contribution in [2.24, 2.45) is 17.6 Å². The van der Waals surface area contributed by atoms with Crippen molar-refractivity contribution in [2.75, 3.05) is 39.8 Å². The lowest BCUT2D eigenvalue weighted by atomic mass is 9.97. The number of hydrogen-bond acceptors (Lipinski definition) is 6. The fraction of sp³-hybridized carbons (Fsp3) is 0.596. The normalized spacial score (nSPS) is 14.6. The Bertz CT molecular complexity index is 1080. The van der Waals surface area contributed by atoms with Crippen molar-refractivity contribution in [1.29, 1.82) is 0 Å². The number of rotatable bonds is 13. The van der Waals surface area contributed by atoms with Crippen LogP contribution < -0.4 is 11.1 Å². The van der Waals surface area contributed by atoms with Crippen molar-refractivity contribution in [1.82, 2.24) is 20.1 Å². The number of carbonyl (C=O) groups excluding carboxylic acids is 2. The number of ether oxygens (including phenoxy) is 1. The number of carbonyl (C=O) groups is 2. The van der Waals surface area contributed by atoms with Crippen LogP contribution in [0, 0.1) is 11.8 Å². The maximum absolute atomic E-state index is 11.4. The van der Waals surface area contributed by atoms with Crippen molar-refractivity contribution in [3.8, 4) is 0 Å². The SMILES string of the molecule is C/C=C\CC.C=CC=C.C=CC=C.CC(C)(C)NC=O.CC(C)C.CC=C1CCCC1.CC[C@H](CC(CN1CCN(Cc2cccnc2)CC1)OC)C(N)=O. The van der Waals surface area contributed by atoms with Gasteiger partial charge in [0.25, 0.3) is 0 Å². The van der Waals surface area contributed by atoms with Gasteiger partial charge in [-0.25, -0.2) is 0 Å². The van der Waals surface area contributed by atoms with Crippen LogP contribution in [0.5, 0.6) is 0 Å². The Balaban J connectivity index is -0.000000340. The fourth-order valence-electron chi connectivity index (χ4n) is 4.74. The van der Waals surface area contributed by atoms with Gasteiger partial charge in [-0.1, -0.05) is 115 Å². The Morgan fingerprint density at radius 1 is 0.964 bits per heavy atom. The van der Waals surface area contributed by atoms with Crippen LogP contribution in [0.25, 0.3) is 0 Å².